The summed E-state index contributed by atoms with van der Waals surface area (Å²) in [4.78, 5) is 4.55. The van der Waals surface area contributed by atoms with Gasteiger partial charge in [0.25, 0.3) is 10.0 Å². The molecule has 1 unspecified atom stereocenters. The lowest BCUT2D eigenvalue weighted by molar-refractivity contribution is 0.601. The van der Waals surface area contributed by atoms with Crippen LogP contribution in [0.2, 0.25) is 0 Å². The van der Waals surface area contributed by atoms with Gasteiger partial charge in [0.05, 0.1) is 10.6 Å². The van der Waals surface area contributed by atoms with Gasteiger partial charge < -0.3 is 5.73 Å². The number of aromatic nitrogens is 1. The summed E-state index contributed by atoms with van der Waals surface area (Å²) in [5.41, 5.74) is 7.65. The van der Waals surface area contributed by atoms with E-state index in [0.29, 0.717) is 11.0 Å². The predicted molar refractivity (Wildman–Crippen MR) is 83.9 cm³/mol. The van der Waals surface area contributed by atoms with Crippen molar-refractivity contribution in [3.05, 3.63) is 40.9 Å². The minimum absolute atomic E-state index is 0.116. The summed E-state index contributed by atoms with van der Waals surface area (Å²) in [6.45, 7) is 1.86. The molecule has 0 bridgehead atoms. The van der Waals surface area contributed by atoms with Gasteiger partial charge in [0, 0.05) is 17.3 Å². The van der Waals surface area contributed by atoms with Crippen LogP contribution >= 0.6 is 11.3 Å². The van der Waals surface area contributed by atoms with Crippen LogP contribution in [0.3, 0.4) is 0 Å². The van der Waals surface area contributed by atoms with Gasteiger partial charge in [-0.1, -0.05) is 12.1 Å². The Bertz CT molecular complexity index is 732. The van der Waals surface area contributed by atoms with Crippen molar-refractivity contribution in [2.75, 3.05) is 4.72 Å². The summed E-state index contributed by atoms with van der Waals surface area (Å²) in [6, 6.07) is 6.48. The Morgan fingerprint density at radius 3 is 2.57 bits per heavy atom. The maximum atomic E-state index is 12.3. The largest absolute Gasteiger partial charge is 0.324 e. The highest BCUT2D eigenvalue weighted by Crippen LogP contribution is 2.41. The maximum Gasteiger partial charge on any atom is 0.263 e. The lowest BCUT2D eigenvalue weighted by Crippen LogP contribution is -2.13. The molecule has 3 rings (SSSR count). The predicted octanol–water partition coefficient (Wildman–Crippen LogP) is 2.84. The summed E-state index contributed by atoms with van der Waals surface area (Å²) >= 11 is 1.33. The molecule has 1 fully saturated rings. The SMILES string of the molecule is CC(N)c1ccc(S(=O)(=O)Nc2nc(C3CC3)cs2)cc1. The fourth-order valence-electron chi connectivity index (χ4n) is 2.02. The summed E-state index contributed by atoms with van der Waals surface area (Å²) < 4.78 is 27.1. The summed E-state index contributed by atoms with van der Waals surface area (Å²) in [5, 5.41) is 2.35. The van der Waals surface area contributed by atoms with E-state index in [-0.39, 0.29) is 10.9 Å². The molecule has 3 N–H and O–H groups in total. The first-order valence-corrected chi connectivity index (χ1v) is 9.16. The molecule has 1 aromatic carbocycles. The normalized spacial score (nSPS) is 16.7. The first-order valence-electron chi connectivity index (χ1n) is 6.79. The van der Waals surface area contributed by atoms with Crippen molar-refractivity contribution in [2.45, 2.75) is 36.6 Å². The molecule has 0 aliphatic heterocycles. The van der Waals surface area contributed by atoms with Crippen molar-refractivity contribution in [1.29, 1.82) is 0 Å². The van der Waals surface area contributed by atoms with Gasteiger partial charge in [0.2, 0.25) is 0 Å². The minimum atomic E-state index is -3.59. The van der Waals surface area contributed by atoms with Crippen LogP contribution in [0.25, 0.3) is 0 Å². The Balaban J connectivity index is 1.78. The first kappa shape index (κ1) is 14.5. The van der Waals surface area contributed by atoms with Gasteiger partial charge in [0.15, 0.2) is 5.13 Å². The number of sulfonamides is 1. The second-order valence-corrected chi connectivity index (χ2v) is 7.86. The minimum Gasteiger partial charge on any atom is -0.324 e. The van der Waals surface area contributed by atoms with Gasteiger partial charge in [-0.25, -0.2) is 13.4 Å². The molecule has 1 aliphatic rings. The van der Waals surface area contributed by atoms with Crippen LogP contribution in [0.15, 0.2) is 34.5 Å². The maximum absolute atomic E-state index is 12.3. The molecule has 0 spiro atoms. The van der Waals surface area contributed by atoms with Crippen LogP contribution in [0, 0.1) is 0 Å². The molecule has 0 amide bonds. The average Bonchev–Trinajstić information content (AvgIpc) is 3.20. The number of nitrogens with two attached hydrogens (primary N) is 1. The summed E-state index contributed by atoms with van der Waals surface area (Å²) in [5.74, 6) is 0.518. The molecule has 1 aliphatic carbocycles. The van der Waals surface area contributed by atoms with Crippen molar-refractivity contribution < 1.29 is 8.42 Å². The zero-order valence-corrected chi connectivity index (χ0v) is 13.2. The van der Waals surface area contributed by atoms with Crippen LogP contribution in [0.5, 0.6) is 0 Å². The molecular weight excluding hydrogens is 306 g/mol. The molecule has 112 valence electrons. The number of hydrogen-bond donors (Lipinski definition) is 2. The average molecular weight is 323 g/mol. The number of nitrogens with zero attached hydrogens (tertiary/aromatic N) is 1. The molecular formula is C14H17N3O2S2. The van der Waals surface area contributed by atoms with Crippen LogP contribution in [-0.2, 0) is 10.0 Å². The molecule has 7 heteroatoms. The summed E-state index contributed by atoms with van der Waals surface area (Å²) in [6.07, 6.45) is 2.29. The Morgan fingerprint density at radius 1 is 1.33 bits per heavy atom. The quantitative estimate of drug-likeness (QED) is 0.886. The van der Waals surface area contributed by atoms with E-state index in [1.807, 2.05) is 12.3 Å². The van der Waals surface area contributed by atoms with Gasteiger partial charge in [-0.15, -0.1) is 11.3 Å². The second-order valence-electron chi connectivity index (χ2n) is 5.32. The Kier molecular flexibility index (Phi) is 3.73. The lowest BCUT2D eigenvalue weighted by atomic mass is 10.1. The molecule has 5 nitrogen and oxygen atoms in total. The Labute approximate surface area is 128 Å². The van der Waals surface area contributed by atoms with Gasteiger partial charge in [0.1, 0.15) is 0 Å². The molecule has 1 heterocycles. The highest BCUT2D eigenvalue weighted by atomic mass is 32.2. The number of thiazole rings is 1. The third-order valence-electron chi connectivity index (χ3n) is 3.46. The molecule has 21 heavy (non-hydrogen) atoms. The van der Waals surface area contributed by atoms with Crippen molar-refractivity contribution in [2.24, 2.45) is 5.73 Å². The first-order chi connectivity index (χ1) is 9.95. The zero-order valence-electron chi connectivity index (χ0n) is 11.6. The van der Waals surface area contributed by atoms with Gasteiger partial charge in [-0.05, 0) is 37.5 Å². The highest BCUT2D eigenvalue weighted by Gasteiger charge is 2.26. The Hall–Kier alpha value is -1.44. The Morgan fingerprint density at radius 2 is 2.00 bits per heavy atom. The van der Waals surface area contributed by atoms with Crippen LogP contribution < -0.4 is 10.5 Å². The topological polar surface area (TPSA) is 85.1 Å². The van der Waals surface area contributed by atoms with E-state index < -0.39 is 10.0 Å². The van der Waals surface area contributed by atoms with Gasteiger partial charge in [-0.2, -0.15) is 0 Å². The molecule has 2 aromatic rings. The highest BCUT2D eigenvalue weighted by molar-refractivity contribution is 7.93. The van der Waals surface area contributed by atoms with Crippen molar-refractivity contribution in [3.63, 3.8) is 0 Å². The van der Waals surface area contributed by atoms with Crippen LogP contribution in [0.1, 0.15) is 43.0 Å². The molecule has 1 aromatic heterocycles. The number of nitrogens with one attached hydrogen (secondary N) is 1. The van der Waals surface area contributed by atoms with Crippen molar-refractivity contribution in [3.8, 4) is 0 Å². The monoisotopic (exact) mass is 323 g/mol. The molecule has 1 saturated carbocycles. The molecule has 0 radical (unpaired) electrons. The molecule has 0 saturated heterocycles. The van der Waals surface area contributed by atoms with Crippen LogP contribution in [0.4, 0.5) is 5.13 Å². The van der Waals surface area contributed by atoms with Gasteiger partial charge >= 0.3 is 0 Å². The zero-order chi connectivity index (χ0) is 15.0. The van der Waals surface area contributed by atoms with E-state index in [1.165, 1.54) is 11.3 Å². The third kappa shape index (κ3) is 3.25. The fourth-order valence-corrected chi connectivity index (χ4v) is 4.07. The third-order valence-corrected chi connectivity index (χ3v) is 5.72. The number of rotatable bonds is 5. The fraction of sp³-hybridized carbons (Fsp3) is 0.357. The standard InChI is InChI=1S/C14H17N3O2S2/c1-9(15)10-4-6-12(7-5-10)21(18,19)17-14-16-13(8-20-14)11-2-3-11/h4-9,11H,2-3,15H2,1H3,(H,16,17). The van der Waals surface area contributed by atoms with Gasteiger partial charge in [-0.3, -0.25) is 4.72 Å². The van der Waals surface area contributed by atoms with Crippen molar-refractivity contribution >= 4 is 26.5 Å². The number of benzene rings is 1. The van der Waals surface area contributed by atoms with E-state index in [4.69, 9.17) is 5.73 Å². The molecule has 1 atom stereocenters. The van der Waals surface area contributed by atoms with Crippen LogP contribution in [-0.4, -0.2) is 13.4 Å². The smallest absolute Gasteiger partial charge is 0.263 e. The number of hydrogen-bond acceptors (Lipinski definition) is 5. The van der Waals surface area contributed by atoms with Crippen molar-refractivity contribution in [1.82, 2.24) is 4.98 Å². The van der Waals surface area contributed by atoms with E-state index in [2.05, 4.69) is 9.71 Å². The van der Waals surface area contributed by atoms with E-state index >= 15 is 0 Å². The van der Waals surface area contributed by atoms with E-state index in [9.17, 15) is 8.42 Å². The van der Waals surface area contributed by atoms with E-state index in [1.54, 1.807) is 24.3 Å². The second kappa shape index (κ2) is 5.40. The van der Waals surface area contributed by atoms with E-state index in [0.717, 1.165) is 24.1 Å². The number of anilines is 1. The summed E-state index contributed by atoms with van der Waals surface area (Å²) in [7, 11) is -3.59. The lowest BCUT2D eigenvalue weighted by Gasteiger charge is -2.08.